The zero-order chi connectivity index (χ0) is 14.7. The first-order chi connectivity index (χ1) is 10.3. The number of anilines is 1. The first-order valence-electron chi connectivity index (χ1n) is 8.12. The van der Waals surface area contributed by atoms with Gasteiger partial charge in [-0.15, -0.1) is 0 Å². The lowest BCUT2D eigenvalue weighted by Crippen LogP contribution is -2.36. The molecule has 21 heavy (non-hydrogen) atoms. The van der Waals surface area contributed by atoms with Gasteiger partial charge in [0.2, 0.25) is 0 Å². The third kappa shape index (κ3) is 3.03. The van der Waals surface area contributed by atoms with Gasteiger partial charge in [-0.05, 0) is 50.4 Å². The molecule has 1 aliphatic rings. The van der Waals surface area contributed by atoms with Crippen molar-refractivity contribution >= 4 is 16.7 Å². The minimum absolute atomic E-state index is 0.643. The zero-order valence-corrected chi connectivity index (χ0v) is 12.9. The second-order valence-electron chi connectivity index (χ2n) is 6.10. The Kier molecular flexibility index (Phi) is 4.39. The number of benzene rings is 1. The van der Waals surface area contributed by atoms with Crippen LogP contribution in [0, 0.1) is 6.92 Å². The second-order valence-corrected chi connectivity index (χ2v) is 6.10. The number of aromatic nitrogens is 1. The van der Waals surface area contributed by atoms with Gasteiger partial charge in [-0.3, -0.25) is 0 Å². The molecule has 1 aromatic heterocycles. The zero-order valence-electron chi connectivity index (χ0n) is 12.9. The fraction of sp³-hybridized carbons (Fsp3) is 0.500. The average molecular weight is 283 g/mol. The Labute approximate surface area is 127 Å². The molecule has 2 N–H and O–H groups in total. The maximum Gasteiger partial charge on any atom is 0.132 e. The van der Waals surface area contributed by atoms with Crippen LogP contribution >= 0.6 is 0 Å². The molecule has 2 aromatic rings. The van der Waals surface area contributed by atoms with Crippen molar-refractivity contribution in [2.24, 2.45) is 5.73 Å². The van der Waals surface area contributed by atoms with Crippen molar-refractivity contribution in [1.29, 1.82) is 0 Å². The molecule has 0 atom stereocenters. The minimum atomic E-state index is 0.643. The molecule has 1 fully saturated rings. The summed E-state index contributed by atoms with van der Waals surface area (Å²) in [4.78, 5) is 7.47. The number of nitrogens with two attached hydrogens (primary N) is 1. The lowest BCUT2D eigenvalue weighted by atomic mass is 10.1. The largest absolute Gasteiger partial charge is 0.353 e. The average Bonchev–Trinajstić information content (AvgIpc) is 3.02. The Morgan fingerprint density at radius 2 is 2.00 bits per heavy atom. The predicted molar refractivity (Wildman–Crippen MR) is 89.8 cm³/mol. The van der Waals surface area contributed by atoms with E-state index in [1.54, 1.807) is 0 Å². The van der Waals surface area contributed by atoms with Gasteiger partial charge >= 0.3 is 0 Å². The first kappa shape index (κ1) is 14.3. The van der Waals surface area contributed by atoms with Gasteiger partial charge in [-0.25, -0.2) is 4.98 Å². The van der Waals surface area contributed by atoms with Crippen molar-refractivity contribution in [3.05, 3.63) is 35.9 Å². The highest BCUT2D eigenvalue weighted by Crippen LogP contribution is 2.30. The van der Waals surface area contributed by atoms with Crippen LogP contribution < -0.4 is 10.6 Å². The highest BCUT2D eigenvalue weighted by Gasteiger charge is 2.24. The lowest BCUT2D eigenvalue weighted by Gasteiger charge is -2.31. The summed E-state index contributed by atoms with van der Waals surface area (Å²) < 4.78 is 0. The van der Waals surface area contributed by atoms with Crippen LogP contribution in [0.15, 0.2) is 30.3 Å². The summed E-state index contributed by atoms with van der Waals surface area (Å²) >= 11 is 0. The van der Waals surface area contributed by atoms with Crippen LogP contribution in [0.1, 0.15) is 37.7 Å². The predicted octanol–water partition coefficient (Wildman–Crippen LogP) is 3.64. The molecular weight excluding hydrogens is 258 g/mol. The summed E-state index contributed by atoms with van der Waals surface area (Å²) in [7, 11) is 0. The molecule has 0 radical (unpaired) electrons. The van der Waals surface area contributed by atoms with Crippen LogP contribution in [-0.2, 0) is 0 Å². The number of rotatable bonds is 5. The van der Waals surface area contributed by atoms with E-state index in [1.807, 2.05) is 0 Å². The Bertz CT molecular complexity index is 602. The molecule has 3 heteroatoms. The molecule has 0 aliphatic heterocycles. The summed E-state index contributed by atoms with van der Waals surface area (Å²) in [6.07, 6.45) is 6.30. The van der Waals surface area contributed by atoms with Crippen LogP contribution in [0.4, 0.5) is 5.82 Å². The van der Waals surface area contributed by atoms with Gasteiger partial charge in [0, 0.05) is 18.0 Å². The third-order valence-electron chi connectivity index (χ3n) is 4.53. The Balaban J connectivity index is 1.98. The summed E-state index contributed by atoms with van der Waals surface area (Å²) in [6.45, 7) is 3.95. The van der Waals surface area contributed by atoms with Gasteiger partial charge < -0.3 is 10.6 Å². The van der Waals surface area contributed by atoms with Crippen LogP contribution in [0.3, 0.4) is 0 Å². The molecule has 0 bridgehead atoms. The van der Waals surface area contributed by atoms with E-state index >= 15 is 0 Å². The number of pyridine rings is 1. The Morgan fingerprint density at radius 3 is 2.76 bits per heavy atom. The topological polar surface area (TPSA) is 42.2 Å². The molecule has 3 nitrogen and oxygen atoms in total. The summed E-state index contributed by atoms with van der Waals surface area (Å²) in [5.74, 6) is 1.16. The number of fused-ring (bicyclic) bond motifs is 1. The van der Waals surface area contributed by atoms with Gasteiger partial charge in [0.25, 0.3) is 0 Å². The van der Waals surface area contributed by atoms with Gasteiger partial charge in [0.05, 0.1) is 5.52 Å². The van der Waals surface area contributed by atoms with Crippen molar-refractivity contribution in [1.82, 2.24) is 4.98 Å². The second kappa shape index (κ2) is 6.44. The van der Waals surface area contributed by atoms with Crippen LogP contribution in [0.5, 0.6) is 0 Å². The quantitative estimate of drug-likeness (QED) is 0.911. The fourth-order valence-corrected chi connectivity index (χ4v) is 3.44. The first-order valence-corrected chi connectivity index (χ1v) is 8.12. The minimum Gasteiger partial charge on any atom is -0.353 e. The molecule has 0 unspecified atom stereocenters. The van der Waals surface area contributed by atoms with Gasteiger partial charge in [-0.1, -0.05) is 31.0 Å². The summed E-state index contributed by atoms with van der Waals surface area (Å²) in [5, 5.41) is 1.23. The SMILES string of the molecule is Cc1cc2ccccc2nc1N(CCCN)C1CCCC1. The van der Waals surface area contributed by atoms with E-state index in [0.29, 0.717) is 6.04 Å². The molecule has 1 saturated carbocycles. The monoisotopic (exact) mass is 283 g/mol. The van der Waals surface area contributed by atoms with Crippen LogP contribution in [0.2, 0.25) is 0 Å². The number of nitrogens with zero attached hydrogens (tertiary/aromatic N) is 2. The molecule has 1 aromatic carbocycles. The van der Waals surface area contributed by atoms with Gasteiger partial charge in [-0.2, -0.15) is 0 Å². The van der Waals surface area contributed by atoms with E-state index in [-0.39, 0.29) is 0 Å². The Morgan fingerprint density at radius 1 is 1.24 bits per heavy atom. The number of para-hydroxylation sites is 1. The summed E-state index contributed by atoms with van der Waals surface area (Å²) in [6, 6.07) is 11.3. The van der Waals surface area contributed by atoms with Gasteiger partial charge in [0.15, 0.2) is 0 Å². The molecule has 3 rings (SSSR count). The molecule has 0 spiro atoms. The van der Waals surface area contributed by atoms with E-state index in [0.717, 1.165) is 30.8 Å². The van der Waals surface area contributed by atoms with E-state index < -0.39 is 0 Å². The normalized spacial score (nSPS) is 15.7. The van der Waals surface area contributed by atoms with E-state index in [1.165, 1.54) is 36.6 Å². The molecule has 0 amide bonds. The van der Waals surface area contributed by atoms with Crippen molar-refractivity contribution in [3.63, 3.8) is 0 Å². The van der Waals surface area contributed by atoms with Crippen LogP contribution in [-0.4, -0.2) is 24.1 Å². The smallest absolute Gasteiger partial charge is 0.132 e. The number of hydrogen-bond donors (Lipinski definition) is 1. The highest BCUT2D eigenvalue weighted by molar-refractivity contribution is 5.81. The molecule has 1 aliphatic carbocycles. The van der Waals surface area contributed by atoms with Crippen LogP contribution in [0.25, 0.3) is 10.9 Å². The van der Waals surface area contributed by atoms with Crippen molar-refractivity contribution in [2.45, 2.75) is 45.1 Å². The summed E-state index contributed by atoms with van der Waals surface area (Å²) in [5.41, 5.74) is 8.10. The van der Waals surface area contributed by atoms with Crippen molar-refractivity contribution in [2.75, 3.05) is 18.0 Å². The third-order valence-corrected chi connectivity index (χ3v) is 4.53. The Hall–Kier alpha value is -1.61. The molecule has 1 heterocycles. The maximum absolute atomic E-state index is 5.74. The number of aryl methyl sites for hydroxylation is 1. The van der Waals surface area contributed by atoms with E-state index in [4.69, 9.17) is 10.7 Å². The molecule has 0 saturated heterocycles. The molecular formula is C18H25N3. The lowest BCUT2D eigenvalue weighted by molar-refractivity contribution is 0.586. The standard InChI is InChI=1S/C18H25N3/c1-14-13-15-7-2-5-10-17(15)20-18(14)21(12-6-11-19)16-8-3-4-9-16/h2,5,7,10,13,16H,3-4,6,8-9,11-12,19H2,1H3. The van der Waals surface area contributed by atoms with Crippen molar-refractivity contribution < 1.29 is 0 Å². The van der Waals surface area contributed by atoms with E-state index in [2.05, 4.69) is 42.2 Å². The maximum atomic E-state index is 5.74. The highest BCUT2D eigenvalue weighted by atomic mass is 15.2. The number of hydrogen-bond acceptors (Lipinski definition) is 3. The molecule has 112 valence electrons. The van der Waals surface area contributed by atoms with Gasteiger partial charge in [0.1, 0.15) is 5.82 Å². The van der Waals surface area contributed by atoms with E-state index in [9.17, 15) is 0 Å². The fourth-order valence-electron chi connectivity index (χ4n) is 3.44. The van der Waals surface area contributed by atoms with Crippen molar-refractivity contribution in [3.8, 4) is 0 Å².